The van der Waals surface area contributed by atoms with Crippen molar-refractivity contribution in [3.05, 3.63) is 54.3 Å². The zero-order valence-electron chi connectivity index (χ0n) is 11.1. The number of ether oxygens (including phenoxy) is 1. The van der Waals surface area contributed by atoms with Gasteiger partial charge in [0.1, 0.15) is 18.2 Å². The van der Waals surface area contributed by atoms with Crippen LogP contribution >= 0.6 is 0 Å². The van der Waals surface area contributed by atoms with Crippen molar-refractivity contribution in [3.63, 3.8) is 0 Å². The molecule has 2 rings (SSSR count). The molecular weight excluding hydrogens is 295 g/mol. The third kappa shape index (κ3) is 4.17. The summed E-state index contributed by atoms with van der Waals surface area (Å²) in [6.45, 7) is 0.731. The Labute approximate surface area is 122 Å². The second-order valence-corrected chi connectivity index (χ2v) is 5.91. The molecule has 0 aliphatic carbocycles. The number of nitrogens with one attached hydrogen (secondary N) is 1. The van der Waals surface area contributed by atoms with Crippen LogP contribution in [0.3, 0.4) is 0 Å². The minimum absolute atomic E-state index is 0.0619. The van der Waals surface area contributed by atoms with E-state index in [0.717, 1.165) is 6.07 Å². The standard InChI is InChI=1S/C14H15FN2O3S/c15-11-2-1-3-12(10-11)17-21(18,19)14-6-4-13(5-7-14)20-9-8-16/h1-7,10,17H,8-9,16H2. The number of benzene rings is 2. The maximum atomic E-state index is 13.1. The lowest BCUT2D eigenvalue weighted by molar-refractivity contribution is 0.328. The number of rotatable bonds is 6. The topological polar surface area (TPSA) is 81.4 Å². The predicted octanol–water partition coefficient (Wildman–Crippen LogP) is 1.96. The van der Waals surface area contributed by atoms with Gasteiger partial charge in [-0.2, -0.15) is 0 Å². The highest BCUT2D eigenvalue weighted by Crippen LogP contribution is 2.19. The van der Waals surface area contributed by atoms with Crippen molar-refractivity contribution in [2.45, 2.75) is 4.90 Å². The first-order valence-electron chi connectivity index (χ1n) is 6.22. The molecule has 5 nitrogen and oxygen atoms in total. The van der Waals surface area contributed by atoms with Crippen LogP contribution in [0.5, 0.6) is 5.75 Å². The van der Waals surface area contributed by atoms with Crippen LogP contribution in [0.4, 0.5) is 10.1 Å². The van der Waals surface area contributed by atoms with Crippen molar-refractivity contribution in [3.8, 4) is 5.75 Å². The SMILES string of the molecule is NCCOc1ccc(S(=O)(=O)Nc2cccc(F)c2)cc1. The molecule has 0 saturated carbocycles. The van der Waals surface area contributed by atoms with Crippen molar-refractivity contribution in [1.29, 1.82) is 0 Å². The second kappa shape index (κ2) is 6.55. The summed E-state index contributed by atoms with van der Waals surface area (Å²) in [5.74, 6) is 0.0193. The van der Waals surface area contributed by atoms with E-state index in [4.69, 9.17) is 10.5 Å². The minimum Gasteiger partial charge on any atom is -0.492 e. The molecule has 0 radical (unpaired) electrons. The van der Waals surface area contributed by atoms with E-state index in [2.05, 4.69) is 4.72 Å². The van der Waals surface area contributed by atoms with E-state index < -0.39 is 15.8 Å². The molecule has 0 bridgehead atoms. The summed E-state index contributed by atoms with van der Waals surface area (Å²) in [7, 11) is -3.76. The summed E-state index contributed by atoms with van der Waals surface area (Å²) in [6, 6.07) is 11.1. The summed E-state index contributed by atoms with van der Waals surface area (Å²) < 4.78 is 44.9. The Morgan fingerprint density at radius 3 is 2.48 bits per heavy atom. The number of anilines is 1. The molecule has 0 amide bonds. The van der Waals surface area contributed by atoms with Gasteiger partial charge in [0.15, 0.2) is 0 Å². The minimum atomic E-state index is -3.76. The number of hydrogen-bond donors (Lipinski definition) is 2. The predicted molar refractivity (Wildman–Crippen MR) is 78.2 cm³/mol. The maximum Gasteiger partial charge on any atom is 0.261 e. The van der Waals surface area contributed by atoms with E-state index in [1.165, 1.54) is 42.5 Å². The van der Waals surface area contributed by atoms with Gasteiger partial charge >= 0.3 is 0 Å². The van der Waals surface area contributed by atoms with Crippen LogP contribution in [0, 0.1) is 5.82 Å². The van der Waals surface area contributed by atoms with Gasteiger partial charge in [-0.3, -0.25) is 4.72 Å². The normalized spacial score (nSPS) is 11.1. The molecule has 0 unspecified atom stereocenters. The van der Waals surface area contributed by atoms with Gasteiger partial charge in [-0.05, 0) is 42.5 Å². The highest BCUT2D eigenvalue weighted by atomic mass is 32.2. The lowest BCUT2D eigenvalue weighted by atomic mass is 10.3. The molecule has 0 atom stereocenters. The van der Waals surface area contributed by atoms with E-state index >= 15 is 0 Å². The maximum absolute atomic E-state index is 13.1. The molecule has 3 N–H and O–H groups in total. The van der Waals surface area contributed by atoms with Crippen molar-refractivity contribution in [2.24, 2.45) is 5.73 Å². The van der Waals surface area contributed by atoms with Crippen LogP contribution in [0.1, 0.15) is 0 Å². The van der Waals surface area contributed by atoms with E-state index in [-0.39, 0.29) is 10.6 Å². The molecule has 21 heavy (non-hydrogen) atoms. The summed E-state index contributed by atoms with van der Waals surface area (Å²) in [4.78, 5) is 0.0619. The fraction of sp³-hybridized carbons (Fsp3) is 0.143. The van der Waals surface area contributed by atoms with Crippen LogP contribution in [0.2, 0.25) is 0 Å². The molecule has 0 aliphatic rings. The molecule has 112 valence electrons. The third-order valence-corrected chi connectivity index (χ3v) is 3.99. The Balaban J connectivity index is 2.15. The van der Waals surface area contributed by atoms with E-state index in [0.29, 0.717) is 18.9 Å². The van der Waals surface area contributed by atoms with Crippen molar-refractivity contribution in [1.82, 2.24) is 0 Å². The second-order valence-electron chi connectivity index (χ2n) is 4.22. The third-order valence-electron chi connectivity index (χ3n) is 2.60. The lowest BCUT2D eigenvalue weighted by Gasteiger charge is -2.09. The van der Waals surface area contributed by atoms with Gasteiger partial charge in [0, 0.05) is 6.54 Å². The zero-order valence-corrected chi connectivity index (χ0v) is 11.9. The Bertz CT molecular complexity index is 702. The van der Waals surface area contributed by atoms with Gasteiger partial charge in [-0.25, -0.2) is 12.8 Å². The Kier molecular flexibility index (Phi) is 4.77. The molecule has 0 spiro atoms. The first-order chi connectivity index (χ1) is 10.0. The Hall–Kier alpha value is -2.12. The number of hydrogen-bond acceptors (Lipinski definition) is 4. The largest absolute Gasteiger partial charge is 0.492 e. The Morgan fingerprint density at radius 1 is 1.14 bits per heavy atom. The van der Waals surface area contributed by atoms with Gasteiger partial charge in [0.25, 0.3) is 10.0 Å². The van der Waals surface area contributed by atoms with Crippen LogP contribution in [0.25, 0.3) is 0 Å². The fourth-order valence-corrected chi connectivity index (χ4v) is 2.71. The average molecular weight is 310 g/mol. The van der Waals surface area contributed by atoms with Gasteiger partial charge in [0.05, 0.1) is 10.6 Å². The van der Waals surface area contributed by atoms with Crippen LogP contribution in [0.15, 0.2) is 53.4 Å². The van der Waals surface area contributed by atoms with E-state index in [1.807, 2.05) is 0 Å². The van der Waals surface area contributed by atoms with E-state index in [1.54, 1.807) is 0 Å². The monoisotopic (exact) mass is 310 g/mol. The quantitative estimate of drug-likeness (QED) is 0.854. The van der Waals surface area contributed by atoms with Gasteiger partial charge in [-0.1, -0.05) is 6.07 Å². The summed E-state index contributed by atoms with van der Waals surface area (Å²) in [5.41, 5.74) is 5.48. The van der Waals surface area contributed by atoms with Crippen LogP contribution < -0.4 is 15.2 Å². The highest BCUT2D eigenvalue weighted by molar-refractivity contribution is 7.92. The highest BCUT2D eigenvalue weighted by Gasteiger charge is 2.14. The summed E-state index contributed by atoms with van der Waals surface area (Å²) in [5, 5.41) is 0. The average Bonchev–Trinajstić information content (AvgIpc) is 2.45. The molecule has 0 aromatic heterocycles. The molecule has 0 fully saturated rings. The van der Waals surface area contributed by atoms with Crippen molar-refractivity contribution in [2.75, 3.05) is 17.9 Å². The Morgan fingerprint density at radius 2 is 1.86 bits per heavy atom. The fourth-order valence-electron chi connectivity index (χ4n) is 1.66. The number of sulfonamides is 1. The zero-order chi connectivity index (χ0) is 15.3. The first kappa shape index (κ1) is 15.3. The summed E-state index contributed by atoms with van der Waals surface area (Å²) in [6.07, 6.45) is 0. The van der Waals surface area contributed by atoms with Crippen molar-refractivity contribution < 1.29 is 17.5 Å². The van der Waals surface area contributed by atoms with Crippen molar-refractivity contribution >= 4 is 15.7 Å². The smallest absolute Gasteiger partial charge is 0.261 e. The van der Waals surface area contributed by atoms with E-state index in [9.17, 15) is 12.8 Å². The first-order valence-corrected chi connectivity index (χ1v) is 7.71. The molecule has 2 aromatic carbocycles. The number of halogens is 1. The summed E-state index contributed by atoms with van der Waals surface area (Å²) >= 11 is 0. The molecule has 7 heteroatoms. The lowest BCUT2D eigenvalue weighted by Crippen LogP contribution is -2.13. The molecule has 0 heterocycles. The molecular formula is C14H15FN2O3S. The van der Waals surface area contributed by atoms with Gasteiger partial charge in [0.2, 0.25) is 0 Å². The number of nitrogens with two attached hydrogens (primary N) is 1. The van der Waals surface area contributed by atoms with Gasteiger partial charge in [-0.15, -0.1) is 0 Å². The molecule has 0 saturated heterocycles. The molecule has 0 aliphatic heterocycles. The molecule has 2 aromatic rings. The van der Waals surface area contributed by atoms with Crippen LogP contribution in [-0.2, 0) is 10.0 Å². The van der Waals surface area contributed by atoms with Crippen LogP contribution in [-0.4, -0.2) is 21.6 Å². The van der Waals surface area contributed by atoms with Gasteiger partial charge < -0.3 is 10.5 Å².